The number of rotatable bonds is 5. The van der Waals surface area contributed by atoms with Crippen LogP contribution in [0.15, 0.2) is 85.2 Å². The number of fused-ring (bicyclic) bond motifs is 1. The molecular weight excluding hydrogens is 416 g/mol. The Labute approximate surface area is 192 Å². The van der Waals surface area contributed by atoms with Gasteiger partial charge < -0.3 is 9.47 Å². The van der Waals surface area contributed by atoms with E-state index in [1.165, 1.54) is 6.33 Å². The molecule has 7 nitrogen and oxygen atoms in total. The van der Waals surface area contributed by atoms with Crippen molar-refractivity contribution in [3.05, 3.63) is 102 Å². The minimum atomic E-state index is -0.214. The van der Waals surface area contributed by atoms with E-state index in [0.717, 1.165) is 11.1 Å². The van der Waals surface area contributed by atoms with Crippen molar-refractivity contribution in [2.24, 2.45) is 0 Å². The van der Waals surface area contributed by atoms with Crippen molar-refractivity contribution in [1.82, 2.24) is 14.8 Å². The second-order valence-electron chi connectivity index (χ2n) is 7.84. The largest absolute Gasteiger partial charge is 0.493 e. The van der Waals surface area contributed by atoms with Gasteiger partial charge in [-0.15, -0.1) is 0 Å². The highest BCUT2D eigenvalue weighted by Gasteiger charge is 2.39. The first kappa shape index (κ1) is 20.8. The molecule has 0 radical (unpaired) electrons. The molecule has 0 aliphatic carbocycles. The van der Waals surface area contributed by atoms with E-state index in [1.807, 2.05) is 53.2 Å². The summed E-state index contributed by atoms with van der Waals surface area (Å²) in [4.78, 5) is 20.2. The van der Waals surface area contributed by atoms with Crippen LogP contribution in [0.1, 0.15) is 40.0 Å². The molecule has 1 aliphatic rings. The number of nitrogens with zero attached hydrogens (tertiary/aromatic N) is 4. The molecule has 33 heavy (non-hydrogen) atoms. The molecule has 1 aliphatic heterocycles. The summed E-state index contributed by atoms with van der Waals surface area (Å²) >= 11 is 0. The number of ether oxygens (including phenoxy) is 2. The Hall–Kier alpha value is -4.13. The monoisotopic (exact) mass is 440 g/mol. The smallest absolute Gasteiger partial charge is 0.261 e. The Morgan fingerprint density at radius 2 is 1.48 bits per heavy atom. The SMILES string of the molecule is COc1ccc(C(=O)N2c3ncnn3C(c3ccccc3)CC2c2ccccc2)cc1OC. The second-order valence-corrected chi connectivity index (χ2v) is 7.84. The molecule has 0 saturated carbocycles. The van der Waals surface area contributed by atoms with Crippen LogP contribution in [-0.2, 0) is 0 Å². The summed E-state index contributed by atoms with van der Waals surface area (Å²) in [6.45, 7) is 0. The van der Waals surface area contributed by atoms with Crippen LogP contribution in [0.2, 0.25) is 0 Å². The lowest BCUT2D eigenvalue weighted by Gasteiger charge is -2.39. The van der Waals surface area contributed by atoms with Gasteiger partial charge in [0.1, 0.15) is 6.33 Å². The number of amides is 1. The molecule has 0 spiro atoms. The van der Waals surface area contributed by atoms with Crippen molar-refractivity contribution in [3.63, 3.8) is 0 Å². The van der Waals surface area contributed by atoms with Gasteiger partial charge in [-0.2, -0.15) is 10.1 Å². The number of aromatic nitrogens is 3. The lowest BCUT2D eigenvalue weighted by Crippen LogP contribution is -2.42. The molecule has 5 rings (SSSR count). The Kier molecular flexibility index (Phi) is 5.52. The molecular formula is C26H24N4O3. The highest BCUT2D eigenvalue weighted by Crippen LogP contribution is 2.42. The maximum atomic E-state index is 13.9. The Bertz CT molecular complexity index is 1260. The average Bonchev–Trinajstić information content (AvgIpc) is 3.37. The van der Waals surface area contributed by atoms with E-state index in [-0.39, 0.29) is 18.0 Å². The maximum absolute atomic E-state index is 13.9. The van der Waals surface area contributed by atoms with Gasteiger partial charge in [-0.25, -0.2) is 4.68 Å². The van der Waals surface area contributed by atoms with Crippen LogP contribution in [0.25, 0.3) is 0 Å². The topological polar surface area (TPSA) is 69.5 Å². The molecule has 1 amide bonds. The van der Waals surface area contributed by atoms with Gasteiger partial charge in [-0.3, -0.25) is 9.69 Å². The molecule has 2 atom stereocenters. The van der Waals surface area contributed by atoms with Crippen LogP contribution in [0.3, 0.4) is 0 Å². The van der Waals surface area contributed by atoms with Crippen LogP contribution < -0.4 is 14.4 Å². The maximum Gasteiger partial charge on any atom is 0.261 e. The predicted octanol–water partition coefficient (Wildman–Crippen LogP) is 4.68. The predicted molar refractivity (Wildman–Crippen MR) is 125 cm³/mol. The number of anilines is 1. The van der Waals surface area contributed by atoms with Crippen molar-refractivity contribution in [2.45, 2.75) is 18.5 Å². The third-order valence-electron chi connectivity index (χ3n) is 6.04. The molecule has 4 aromatic rings. The van der Waals surface area contributed by atoms with Gasteiger partial charge in [0.05, 0.1) is 26.3 Å². The quantitative estimate of drug-likeness (QED) is 0.451. The Morgan fingerprint density at radius 3 is 2.12 bits per heavy atom. The van der Waals surface area contributed by atoms with Gasteiger partial charge in [-0.1, -0.05) is 60.7 Å². The van der Waals surface area contributed by atoms with E-state index in [0.29, 0.717) is 29.4 Å². The summed E-state index contributed by atoms with van der Waals surface area (Å²) in [5, 5.41) is 4.50. The third-order valence-corrected chi connectivity index (χ3v) is 6.04. The number of benzene rings is 3. The first-order valence-corrected chi connectivity index (χ1v) is 10.8. The molecule has 0 saturated heterocycles. The van der Waals surface area contributed by atoms with Crippen molar-refractivity contribution in [3.8, 4) is 11.5 Å². The van der Waals surface area contributed by atoms with Gasteiger partial charge in [0, 0.05) is 5.56 Å². The lowest BCUT2D eigenvalue weighted by molar-refractivity contribution is 0.0963. The van der Waals surface area contributed by atoms with Crippen LogP contribution in [0, 0.1) is 0 Å². The van der Waals surface area contributed by atoms with Crippen molar-refractivity contribution >= 4 is 11.9 Å². The fraction of sp³-hybridized carbons (Fsp3) is 0.192. The molecule has 7 heteroatoms. The minimum Gasteiger partial charge on any atom is -0.493 e. The third kappa shape index (κ3) is 3.71. The molecule has 2 heterocycles. The van der Waals surface area contributed by atoms with Crippen molar-refractivity contribution in [2.75, 3.05) is 19.1 Å². The average molecular weight is 441 g/mol. The molecule has 166 valence electrons. The minimum absolute atomic E-state index is 0.0386. The summed E-state index contributed by atoms with van der Waals surface area (Å²) in [5.74, 6) is 1.41. The molecule has 0 N–H and O–H groups in total. The summed E-state index contributed by atoms with van der Waals surface area (Å²) in [7, 11) is 3.13. The molecule has 0 fully saturated rings. The summed E-state index contributed by atoms with van der Waals surface area (Å²) in [5.41, 5.74) is 2.66. The highest BCUT2D eigenvalue weighted by molar-refractivity contribution is 6.06. The molecule has 2 unspecified atom stereocenters. The van der Waals surface area contributed by atoms with E-state index in [4.69, 9.17) is 9.47 Å². The van der Waals surface area contributed by atoms with E-state index < -0.39 is 0 Å². The van der Waals surface area contributed by atoms with E-state index >= 15 is 0 Å². The van der Waals surface area contributed by atoms with Crippen LogP contribution in [0.5, 0.6) is 11.5 Å². The van der Waals surface area contributed by atoms with Gasteiger partial charge >= 0.3 is 0 Å². The van der Waals surface area contributed by atoms with E-state index in [1.54, 1.807) is 37.3 Å². The van der Waals surface area contributed by atoms with Gasteiger partial charge in [-0.05, 0) is 35.7 Å². The van der Waals surface area contributed by atoms with E-state index in [9.17, 15) is 4.79 Å². The molecule has 0 bridgehead atoms. The summed E-state index contributed by atoms with van der Waals surface area (Å²) < 4.78 is 12.6. The number of hydrogen-bond donors (Lipinski definition) is 0. The molecule has 3 aromatic carbocycles. The number of hydrogen-bond acceptors (Lipinski definition) is 5. The first-order chi connectivity index (χ1) is 16.2. The fourth-order valence-electron chi connectivity index (χ4n) is 4.45. The number of carbonyl (C=O) groups excluding carboxylic acids is 1. The highest BCUT2D eigenvalue weighted by atomic mass is 16.5. The zero-order valence-corrected chi connectivity index (χ0v) is 18.5. The van der Waals surface area contributed by atoms with Crippen LogP contribution in [-0.4, -0.2) is 34.9 Å². The zero-order valence-electron chi connectivity index (χ0n) is 18.5. The van der Waals surface area contributed by atoms with Gasteiger partial charge in [0.2, 0.25) is 5.95 Å². The lowest BCUT2D eigenvalue weighted by atomic mass is 9.91. The number of carbonyl (C=O) groups is 1. The van der Waals surface area contributed by atoms with Crippen LogP contribution in [0.4, 0.5) is 5.95 Å². The van der Waals surface area contributed by atoms with Crippen molar-refractivity contribution < 1.29 is 14.3 Å². The summed E-state index contributed by atoms with van der Waals surface area (Å²) in [6.07, 6.45) is 2.18. The Balaban J connectivity index is 1.63. The standard InChI is InChI=1S/C26H24N4O3/c1-32-23-14-13-20(15-24(23)33-2)25(31)29-21(18-9-5-3-6-10-18)16-22(19-11-7-4-8-12-19)30-26(29)27-17-28-30/h3-15,17,21-22H,16H2,1-2H3. The molecule has 1 aromatic heterocycles. The van der Waals surface area contributed by atoms with Crippen LogP contribution >= 0.6 is 0 Å². The number of methoxy groups -OCH3 is 2. The first-order valence-electron chi connectivity index (χ1n) is 10.8. The van der Waals surface area contributed by atoms with Gasteiger partial charge in [0.15, 0.2) is 11.5 Å². The Morgan fingerprint density at radius 1 is 0.848 bits per heavy atom. The normalized spacial score (nSPS) is 17.3. The van der Waals surface area contributed by atoms with Crippen molar-refractivity contribution in [1.29, 1.82) is 0 Å². The second kappa shape index (κ2) is 8.78. The van der Waals surface area contributed by atoms with Gasteiger partial charge in [0.25, 0.3) is 5.91 Å². The fourth-order valence-corrected chi connectivity index (χ4v) is 4.45. The van der Waals surface area contributed by atoms with E-state index in [2.05, 4.69) is 22.2 Å². The summed E-state index contributed by atoms with van der Waals surface area (Å²) in [6, 6.07) is 25.2. The zero-order chi connectivity index (χ0) is 22.8.